The monoisotopic (exact) mass is 196 g/mol. The number of carbonyl (C=O) groups is 2. The van der Waals surface area contributed by atoms with Gasteiger partial charge in [0.15, 0.2) is 12.6 Å². The fourth-order valence-corrected chi connectivity index (χ4v) is 1.05. The first-order valence-corrected chi connectivity index (χ1v) is 4.09. The van der Waals surface area contributed by atoms with Crippen LogP contribution in [0.5, 0.6) is 5.75 Å². The van der Waals surface area contributed by atoms with E-state index in [1.54, 1.807) is 6.92 Å². The summed E-state index contributed by atoms with van der Waals surface area (Å²) >= 11 is 0. The van der Waals surface area contributed by atoms with Crippen molar-refractivity contribution in [1.29, 1.82) is 0 Å². The molecule has 1 aromatic carbocycles. The summed E-state index contributed by atoms with van der Waals surface area (Å²) < 4.78 is 18.1. The molecule has 3 nitrogen and oxygen atoms in total. The molecule has 0 aliphatic carbocycles. The third-order valence-corrected chi connectivity index (χ3v) is 1.68. The van der Waals surface area contributed by atoms with Crippen LogP contribution in [0.3, 0.4) is 0 Å². The average molecular weight is 196 g/mol. The standard InChI is InChI=1S/C10H9FO3/c1-2-14-10-4-9(11)7(5-12)3-8(10)6-13/h3-6H,2H2,1H3. The predicted molar refractivity (Wildman–Crippen MR) is 48.3 cm³/mol. The van der Waals surface area contributed by atoms with Gasteiger partial charge in [0, 0.05) is 6.07 Å². The van der Waals surface area contributed by atoms with Gasteiger partial charge < -0.3 is 4.74 Å². The van der Waals surface area contributed by atoms with Crippen molar-refractivity contribution in [2.45, 2.75) is 6.92 Å². The topological polar surface area (TPSA) is 43.4 Å². The van der Waals surface area contributed by atoms with E-state index < -0.39 is 5.82 Å². The van der Waals surface area contributed by atoms with Gasteiger partial charge in [-0.3, -0.25) is 9.59 Å². The number of carbonyl (C=O) groups excluding carboxylic acids is 2. The lowest BCUT2D eigenvalue weighted by Crippen LogP contribution is -1.99. The van der Waals surface area contributed by atoms with Crippen molar-refractivity contribution in [3.05, 3.63) is 29.1 Å². The highest BCUT2D eigenvalue weighted by atomic mass is 19.1. The van der Waals surface area contributed by atoms with Gasteiger partial charge in [-0.25, -0.2) is 4.39 Å². The minimum Gasteiger partial charge on any atom is -0.493 e. The molecule has 0 N–H and O–H groups in total. The van der Waals surface area contributed by atoms with E-state index in [1.165, 1.54) is 6.07 Å². The van der Waals surface area contributed by atoms with Gasteiger partial charge >= 0.3 is 0 Å². The second-order valence-corrected chi connectivity index (χ2v) is 2.58. The summed E-state index contributed by atoms with van der Waals surface area (Å²) in [6.45, 7) is 2.06. The average Bonchev–Trinajstić information content (AvgIpc) is 2.19. The van der Waals surface area contributed by atoms with Gasteiger partial charge in [-0.15, -0.1) is 0 Å². The number of rotatable bonds is 4. The highest BCUT2D eigenvalue weighted by Crippen LogP contribution is 2.20. The normalized spacial score (nSPS) is 9.57. The second-order valence-electron chi connectivity index (χ2n) is 2.58. The van der Waals surface area contributed by atoms with E-state index in [0.29, 0.717) is 19.2 Å². The van der Waals surface area contributed by atoms with Crippen molar-refractivity contribution in [2.75, 3.05) is 6.61 Å². The Kier molecular flexibility index (Phi) is 3.34. The molecule has 1 aromatic rings. The summed E-state index contributed by atoms with van der Waals surface area (Å²) in [5.41, 5.74) is 0.0332. The van der Waals surface area contributed by atoms with Gasteiger partial charge in [-0.05, 0) is 13.0 Å². The number of aldehydes is 2. The van der Waals surface area contributed by atoms with Crippen molar-refractivity contribution in [3.63, 3.8) is 0 Å². The fraction of sp³-hybridized carbons (Fsp3) is 0.200. The number of benzene rings is 1. The minimum atomic E-state index is -0.686. The molecule has 0 saturated carbocycles. The molecular weight excluding hydrogens is 187 g/mol. The smallest absolute Gasteiger partial charge is 0.153 e. The molecule has 0 aliphatic heterocycles. The van der Waals surface area contributed by atoms with Gasteiger partial charge in [0.25, 0.3) is 0 Å². The molecule has 0 bridgehead atoms. The zero-order valence-corrected chi connectivity index (χ0v) is 7.62. The van der Waals surface area contributed by atoms with Crippen molar-refractivity contribution < 1.29 is 18.7 Å². The number of hydrogen-bond donors (Lipinski definition) is 0. The fourth-order valence-electron chi connectivity index (χ4n) is 1.05. The highest BCUT2D eigenvalue weighted by molar-refractivity contribution is 5.85. The van der Waals surface area contributed by atoms with Gasteiger partial charge in [0.1, 0.15) is 11.6 Å². The Morgan fingerprint density at radius 3 is 2.43 bits per heavy atom. The quantitative estimate of drug-likeness (QED) is 0.690. The van der Waals surface area contributed by atoms with Crippen LogP contribution in [0.15, 0.2) is 12.1 Å². The molecule has 0 aliphatic rings. The van der Waals surface area contributed by atoms with E-state index in [-0.39, 0.29) is 16.9 Å². The molecule has 0 amide bonds. The highest BCUT2D eigenvalue weighted by Gasteiger charge is 2.09. The summed E-state index contributed by atoms with van der Waals surface area (Å²) in [5, 5.41) is 0. The maximum absolute atomic E-state index is 13.1. The van der Waals surface area contributed by atoms with Gasteiger partial charge in [-0.1, -0.05) is 0 Å². The molecule has 0 fully saturated rings. The van der Waals surface area contributed by atoms with Crippen LogP contribution in [0.4, 0.5) is 4.39 Å². The third kappa shape index (κ3) is 1.96. The molecule has 0 unspecified atom stereocenters. The molecule has 0 spiro atoms. The molecule has 4 heteroatoms. The Morgan fingerprint density at radius 2 is 1.93 bits per heavy atom. The predicted octanol–water partition coefficient (Wildman–Crippen LogP) is 1.85. The van der Waals surface area contributed by atoms with E-state index in [9.17, 15) is 14.0 Å². The molecule has 1 rings (SSSR count). The van der Waals surface area contributed by atoms with Crippen LogP contribution in [0.1, 0.15) is 27.6 Å². The van der Waals surface area contributed by atoms with Gasteiger partial charge in [0.05, 0.1) is 17.7 Å². The lowest BCUT2D eigenvalue weighted by atomic mass is 10.1. The lowest BCUT2D eigenvalue weighted by Gasteiger charge is -2.06. The van der Waals surface area contributed by atoms with E-state index in [4.69, 9.17) is 4.74 Å². The summed E-state index contributed by atoms with van der Waals surface area (Å²) in [7, 11) is 0. The molecule has 14 heavy (non-hydrogen) atoms. The number of halogens is 1. The Morgan fingerprint density at radius 1 is 1.29 bits per heavy atom. The van der Waals surface area contributed by atoms with E-state index >= 15 is 0 Å². The molecule has 0 heterocycles. The summed E-state index contributed by atoms with van der Waals surface area (Å²) in [5.74, 6) is -0.528. The maximum Gasteiger partial charge on any atom is 0.153 e. The lowest BCUT2D eigenvalue weighted by molar-refractivity contribution is 0.111. The van der Waals surface area contributed by atoms with Crippen LogP contribution in [0.2, 0.25) is 0 Å². The van der Waals surface area contributed by atoms with Crippen molar-refractivity contribution in [1.82, 2.24) is 0 Å². The molecule has 0 atom stereocenters. The summed E-state index contributed by atoms with van der Waals surface area (Å²) in [6, 6.07) is 2.21. The molecular formula is C10H9FO3. The largest absolute Gasteiger partial charge is 0.493 e. The second kappa shape index (κ2) is 4.50. The van der Waals surface area contributed by atoms with E-state index in [1.807, 2.05) is 0 Å². The van der Waals surface area contributed by atoms with Crippen LogP contribution < -0.4 is 4.74 Å². The minimum absolute atomic E-state index is 0.143. The van der Waals surface area contributed by atoms with E-state index in [0.717, 1.165) is 6.07 Å². The SMILES string of the molecule is CCOc1cc(F)c(C=O)cc1C=O. The number of hydrogen-bond acceptors (Lipinski definition) is 3. The van der Waals surface area contributed by atoms with Crippen LogP contribution >= 0.6 is 0 Å². The van der Waals surface area contributed by atoms with Gasteiger partial charge in [0.2, 0.25) is 0 Å². The maximum atomic E-state index is 13.1. The van der Waals surface area contributed by atoms with E-state index in [2.05, 4.69) is 0 Å². The number of ether oxygens (including phenoxy) is 1. The summed E-state index contributed by atoms with van der Waals surface area (Å²) in [6.07, 6.45) is 0.884. The van der Waals surface area contributed by atoms with Crippen LogP contribution in [-0.2, 0) is 0 Å². The first-order valence-electron chi connectivity index (χ1n) is 4.09. The first-order chi connectivity index (χ1) is 6.72. The van der Waals surface area contributed by atoms with Crippen LogP contribution in [0.25, 0.3) is 0 Å². The third-order valence-electron chi connectivity index (χ3n) is 1.68. The van der Waals surface area contributed by atoms with Gasteiger partial charge in [-0.2, -0.15) is 0 Å². The van der Waals surface area contributed by atoms with Crippen LogP contribution in [-0.4, -0.2) is 19.2 Å². The Bertz CT molecular complexity index is 361. The van der Waals surface area contributed by atoms with Crippen molar-refractivity contribution in [3.8, 4) is 5.75 Å². The van der Waals surface area contributed by atoms with Crippen molar-refractivity contribution in [2.24, 2.45) is 0 Å². The van der Waals surface area contributed by atoms with Crippen LogP contribution in [0, 0.1) is 5.82 Å². The zero-order valence-electron chi connectivity index (χ0n) is 7.62. The Labute approximate surface area is 80.5 Å². The zero-order chi connectivity index (χ0) is 10.6. The molecule has 74 valence electrons. The summed E-state index contributed by atoms with van der Waals surface area (Å²) in [4.78, 5) is 20.9. The molecule has 0 radical (unpaired) electrons. The Balaban J connectivity index is 3.23. The molecule has 0 saturated heterocycles. The van der Waals surface area contributed by atoms with Crippen molar-refractivity contribution >= 4 is 12.6 Å². The Hall–Kier alpha value is -1.71. The molecule has 0 aromatic heterocycles. The first kappa shape index (κ1) is 10.4.